The van der Waals surface area contributed by atoms with Crippen molar-refractivity contribution >= 4 is 11.1 Å². The predicted octanol–water partition coefficient (Wildman–Crippen LogP) is 3.64. The summed E-state index contributed by atoms with van der Waals surface area (Å²) in [5.41, 5.74) is -0.796. The second kappa shape index (κ2) is 5.40. The van der Waals surface area contributed by atoms with Gasteiger partial charge >= 0.3 is 6.18 Å². The summed E-state index contributed by atoms with van der Waals surface area (Å²) in [6.07, 6.45) is -4.50. The molecule has 126 valence electrons. The van der Waals surface area contributed by atoms with Gasteiger partial charge in [0.25, 0.3) is 0 Å². The van der Waals surface area contributed by atoms with Crippen molar-refractivity contribution < 1.29 is 27.1 Å². The highest BCUT2D eigenvalue weighted by Crippen LogP contribution is 2.40. The average molecular weight is 339 g/mol. The molecule has 1 aromatic rings. The van der Waals surface area contributed by atoms with Gasteiger partial charge in [-0.2, -0.15) is 13.2 Å². The van der Waals surface area contributed by atoms with Crippen LogP contribution in [0.1, 0.15) is 11.1 Å². The molecule has 0 saturated heterocycles. The smallest absolute Gasteiger partial charge is 0.416 e. The molecule has 1 aliphatic carbocycles. The summed E-state index contributed by atoms with van der Waals surface area (Å²) >= 11 is 0. The predicted molar refractivity (Wildman–Crippen MR) is 79.7 cm³/mol. The molecule has 0 bridgehead atoms. The highest BCUT2D eigenvalue weighted by atomic mass is 19.4. The van der Waals surface area contributed by atoms with Gasteiger partial charge in [0, 0.05) is 5.56 Å². The molecule has 0 amide bonds. The zero-order chi connectivity index (χ0) is 17.6. The van der Waals surface area contributed by atoms with Crippen LogP contribution in [0.15, 0.2) is 27.4 Å². The number of methoxy groups -OCH3 is 2. The summed E-state index contributed by atoms with van der Waals surface area (Å²) in [5.74, 6) is 0.0904. The minimum Gasteiger partial charge on any atom is -0.491 e. The van der Waals surface area contributed by atoms with Crippen LogP contribution in [-0.2, 0) is 6.18 Å². The molecule has 5 nitrogen and oxygen atoms in total. The van der Waals surface area contributed by atoms with Crippen LogP contribution in [0.4, 0.5) is 13.2 Å². The van der Waals surface area contributed by atoms with Crippen molar-refractivity contribution in [2.24, 2.45) is 0 Å². The largest absolute Gasteiger partial charge is 0.491 e. The number of ether oxygens (including phenoxy) is 2. The third kappa shape index (κ3) is 2.34. The van der Waals surface area contributed by atoms with E-state index in [0.717, 1.165) is 12.1 Å². The standard InChI is InChI=1S/C16H12F3NO4/c1-7-12(21)15(23-3)14(22-2)11-13(7)24-10-5-4-8(16(17,18)19)6-9(10)20-11/h4-6H,1-3H3. The van der Waals surface area contributed by atoms with Crippen LogP contribution in [0, 0.1) is 6.92 Å². The van der Waals surface area contributed by atoms with E-state index in [2.05, 4.69) is 4.98 Å². The van der Waals surface area contributed by atoms with Gasteiger partial charge in [0.15, 0.2) is 22.8 Å². The molecule has 1 aliphatic heterocycles. The Kier molecular flexibility index (Phi) is 3.62. The van der Waals surface area contributed by atoms with Crippen molar-refractivity contribution in [3.8, 4) is 23.0 Å². The lowest BCUT2D eigenvalue weighted by molar-refractivity contribution is -0.137. The summed E-state index contributed by atoms with van der Waals surface area (Å²) in [4.78, 5) is 16.5. The summed E-state index contributed by atoms with van der Waals surface area (Å²) in [7, 11) is 2.61. The molecule has 0 fully saturated rings. The fraction of sp³-hybridized carbons (Fsp3) is 0.250. The highest BCUT2D eigenvalue weighted by molar-refractivity contribution is 5.81. The maximum atomic E-state index is 12.9. The maximum Gasteiger partial charge on any atom is 0.416 e. The van der Waals surface area contributed by atoms with Crippen LogP contribution in [0.3, 0.4) is 0 Å². The molecule has 0 radical (unpaired) electrons. The third-order valence-electron chi connectivity index (χ3n) is 3.66. The molecule has 0 saturated carbocycles. The van der Waals surface area contributed by atoms with Crippen LogP contribution in [0.25, 0.3) is 22.6 Å². The lowest BCUT2D eigenvalue weighted by atomic mass is 10.1. The number of aromatic nitrogens is 1. The van der Waals surface area contributed by atoms with E-state index in [0.29, 0.717) is 0 Å². The van der Waals surface area contributed by atoms with Gasteiger partial charge in [-0.25, -0.2) is 4.98 Å². The lowest BCUT2D eigenvalue weighted by Crippen LogP contribution is -2.14. The van der Waals surface area contributed by atoms with E-state index in [1.54, 1.807) is 0 Å². The molecule has 3 rings (SSSR count). The van der Waals surface area contributed by atoms with Crippen LogP contribution < -0.4 is 14.9 Å². The van der Waals surface area contributed by atoms with E-state index < -0.39 is 17.2 Å². The fourth-order valence-electron chi connectivity index (χ4n) is 2.46. The minimum atomic E-state index is -4.50. The number of hydrogen-bond acceptors (Lipinski definition) is 5. The minimum absolute atomic E-state index is 0.00396. The van der Waals surface area contributed by atoms with Gasteiger partial charge in [0.05, 0.1) is 19.8 Å². The number of nitrogens with zero attached hydrogens (tertiary/aromatic N) is 1. The molecule has 24 heavy (non-hydrogen) atoms. The Balaban J connectivity index is 2.43. The van der Waals surface area contributed by atoms with E-state index in [1.165, 1.54) is 27.2 Å². The molecule has 0 aromatic heterocycles. The van der Waals surface area contributed by atoms with Gasteiger partial charge in [-0.15, -0.1) is 0 Å². The molecule has 0 atom stereocenters. The van der Waals surface area contributed by atoms with Gasteiger partial charge in [0.1, 0.15) is 5.52 Å². The number of benzene rings is 2. The topological polar surface area (TPSA) is 61.6 Å². The number of alkyl halides is 3. The first-order valence-electron chi connectivity index (χ1n) is 6.84. The van der Waals surface area contributed by atoms with Crippen molar-refractivity contribution in [1.29, 1.82) is 0 Å². The van der Waals surface area contributed by atoms with E-state index in [-0.39, 0.29) is 39.6 Å². The molecule has 1 aromatic carbocycles. The molecule has 0 N–H and O–H groups in total. The zero-order valence-electron chi connectivity index (χ0n) is 12.9. The van der Waals surface area contributed by atoms with Crippen molar-refractivity contribution in [3.05, 3.63) is 39.5 Å². The Hall–Kier alpha value is -2.77. The Morgan fingerprint density at radius 2 is 1.79 bits per heavy atom. The third-order valence-corrected chi connectivity index (χ3v) is 3.66. The number of halogens is 3. The Morgan fingerprint density at radius 1 is 1.12 bits per heavy atom. The normalized spacial score (nSPS) is 11.9. The molecule has 8 heteroatoms. The van der Waals surface area contributed by atoms with Gasteiger partial charge in [-0.1, -0.05) is 0 Å². The first-order chi connectivity index (χ1) is 11.3. The van der Waals surface area contributed by atoms with E-state index >= 15 is 0 Å². The quantitative estimate of drug-likeness (QED) is 0.667. The first kappa shape index (κ1) is 16.1. The van der Waals surface area contributed by atoms with E-state index in [9.17, 15) is 18.0 Å². The van der Waals surface area contributed by atoms with Crippen LogP contribution in [-0.4, -0.2) is 19.2 Å². The molecule has 0 unspecified atom stereocenters. The molecule has 2 aliphatic rings. The average Bonchev–Trinajstić information content (AvgIpc) is 2.55. The lowest BCUT2D eigenvalue weighted by Gasteiger charge is -2.16. The van der Waals surface area contributed by atoms with E-state index in [1.807, 2.05) is 0 Å². The van der Waals surface area contributed by atoms with Crippen molar-refractivity contribution in [2.75, 3.05) is 14.2 Å². The Morgan fingerprint density at radius 3 is 2.38 bits per heavy atom. The second-order valence-corrected chi connectivity index (χ2v) is 5.09. The van der Waals surface area contributed by atoms with Gasteiger partial charge in [-0.05, 0) is 25.1 Å². The van der Waals surface area contributed by atoms with Gasteiger partial charge < -0.3 is 13.9 Å². The van der Waals surface area contributed by atoms with Crippen LogP contribution in [0.5, 0.6) is 11.5 Å². The fourth-order valence-corrected chi connectivity index (χ4v) is 2.46. The van der Waals surface area contributed by atoms with Crippen molar-refractivity contribution in [1.82, 2.24) is 4.98 Å². The maximum absolute atomic E-state index is 12.9. The Bertz CT molecular complexity index is 962. The summed E-state index contributed by atoms with van der Waals surface area (Å²) in [6.45, 7) is 1.52. The van der Waals surface area contributed by atoms with Crippen LogP contribution >= 0.6 is 0 Å². The number of fused-ring (bicyclic) bond motifs is 2. The number of hydrogen-bond donors (Lipinski definition) is 0. The number of rotatable bonds is 2. The van der Waals surface area contributed by atoms with Crippen LogP contribution in [0.2, 0.25) is 0 Å². The Labute approximate surface area is 134 Å². The van der Waals surface area contributed by atoms with E-state index in [4.69, 9.17) is 13.9 Å². The monoisotopic (exact) mass is 339 g/mol. The molecule has 0 spiro atoms. The zero-order valence-corrected chi connectivity index (χ0v) is 12.9. The highest BCUT2D eigenvalue weighted by Gasteiger charge is 2.32. The second-order valence-electron chi connectivity index (χ2n) is 5.09. The summed E-state index contributed by atoms with van der Waals surface area (Å²) in [6, 6.07) is 2.95. The van der Waals surface area contributed by atoms with Gasteiger partial charge in [0.2, 0.25) is 11.2 Å². The summed E-state index contributed by atoms with van der Waals surface area (Å²) in [5, 5.41) is 0. The SMILES string of the molecule is COc1c2nc3cc(C(F)(F)F)ccc3oc-2c(C)c(=O)c1OC. The molecule has 1 heterocycles. The molecular weight excluding hydrogens is 327 g/mol. The van der Waals surface area contributed by atoms with Gasteiger partial charge in [-0.3, -0.25) is 4.79 Å². The molecular formula is C16H12F3NO4. The summed E-state index contributed by atoms with van der Waals surface area (Å²) < 4.78 is 54.4. The van der Waals surface area contributed by atoms with Crippen molar-refractivity contribution in [3.63, 3.8) is 0 Å². The van der Waals surface area contributed by atoms with Crippen molar-refractivity contribution in [2.45, 2.75) is 13.1 Å². The first-order valence-corrected chi connectivity index (χ1v) is 6.84.